The Labute approximate surface area is 603 Å². The molecule has 0 amide bonds. The molecule has 0 saturated heterocycles. The second-order valence-electron chi connectivity index (χ2n) is 24.7. The van der Waals surface area contributed by atoms with Crippen LogP contribution in [0.15, 0.2) is 341 Å². The van der Waals surface area contributed by atoms with Crippen LogP contribution < -0.4 is 51.1 Å². The van der Waals surface area contributed by atoms with Crippen molar-refractivity contribution in [3.8, 4) is 12.1 Å². The van der Waals surface area contributed by atoms with Crippen molar-refractivity contribution in [2.45, 2.75) is 0 Å². The number of para-hydroxylation sites is 12. The third kappa shape index (κ3) is 11.1. The highest BCUT2D eigenvalue weighted by Crippen LogP contribution is 2.58. The Morgan fingerprint density at radius 3 is 0.802 bits per heavy atom. The summed E-state index contributed by atoms with van der Waals surface area (Å²) in [7, 11) is 0. The maximum Gasteiger partial charge on any atom is 0.192 e. The van der Waals surface area contributed by atoms with Crippen LogP contribution in [0.25, 0.3) is 53.6 Å². The molecule has 16 aromatic rings. The van der Waals surface area contributed by atoms with Crippen LogP contribution in [0.2, 0.25) is 0 Å². The van der Waals surface area contributed by atoms with Gasteiger partial charge in [-0.3, -0.25) is 19.2 Å². The van der Waals surface area contributed by atoms with Gasteiger partial charge in [0, 0.05) is 59.1 Å². The SMILES string of the molecule is O=c1ccoc2cc(N3c4ccccc4N(c4ccc5c(=O)ccoc5c4)c4ccccc43)ccc12.O=c1ccoc2ccc(N3c4ccccc4N(c4ccc5occc(=O)c5c4)c4ccccc43)cc12.[C-]#[N+]c1cc([N+]#[C-])cc(N2c3ccccc3N(c3cc(C#N)cc(C#N)c3)c3ccccc32)c1. The van der Waals surface area contributed by atoms with Gasteiger partial charge in [0.05, 0.1) is 163 Å². The zero-order valence-corrected chi connectivity index (χ0v) is 55.6. The second-order valence-corrected chi connectivity index (χ2v) is 24.7. The highest BCUT2D eigenvalue weighted by Gasteiger charge is 2.35. The summed E-state index contributed by atoms with van der Waals surface area (Å²) in [6.45, 7) is 15.0. The highest BCUT2D eigenvalue weighted by molar-refractivity contribution is 6.06. The maximum absolute atomic E-state index is 12.6. The number of nitrogens with zero attached hydrogens (tertiary/aromatic N) is 10. The summed E-state index contributed by atoms with van der Waals surface area (Å²) < 4.78 is 22.4. The molecule has 0 bridgehead atoms. The van der Waals surface area contributed by atoms with Crippen molar-refractivity contribution >= 4 is 158 Å². The lowest BCUT2D eigenvalue weighted by Crippen LogP contribution is -2.24. The molecule has 0 atom stereocenters. The summed E-state index contributed by atoms with van der Waals surface area (Å²) in [6, 6.07) is 90.8. The Morgan fingerprint density at radius 1 is 0.255 bits per heavy atom. The molecular weight excluding hydrogens is 1330 g/mol. The molecule has 0 radical (unpaired) electrons. The number of benzene rings is 12. The number of nitriles is 2. The van der Waals surface area contributed by atoms with Crippen LogP contribution in [-0.2, 0) is 0 Å². The number of hydrogen-bond acceptors (Lipinski definition) is 16. The third-order valence-corrected chi connectivity index (χ3v) is 18.6. The van der Waals surface area contributed by atoms with E-state index in [1.807, 2.05) is 192 Å². The average molecular weight is 1380 g/mol. The standard InChI is InChI=1S/2C30H18N2O4.C28H14N6/c33-27-13-15-35-29-11-9-19(17-21(27)29)31-23-5-1-2-6-24(23)32(26-8-4-3-7-25(26)31)20-10-12-30-22(18-20)28(34)14-16-36-30;33-27-13-15-35-29-17-19(9-11-21(27)29)31-23-5-1-2-6-24(23)32(26-8-4-3-7-25(26)31)20-10-12-22-28(34)14-16-36-30(22)18-20;1-31-21-14-22(32-2)16-24(15-21)34-27-9-5-3-7-25(27)33(26-8-4-6-10-28(26)34)23-12-19(17-29)11-20(13-23)18-30/h2*1-18H;3-16H. The van der Waals surface area contributed by atoms with E-state index < -0.39 is 0 Å². The van der Waals surface area contributed by atoms with Crippen LogP contribution in [-0.4, -0.2) is 0 Å². The smallest absolute Gasteiger partial charge is 0.192 e. The van der Waals surface area contributed by atoms with Crippen LogP contribution in [0.4, 0.5) is 114 Å². The van der Waals surface area contributed by atoms with Gasteiger partial charge in [-0.05, 0) is 164 Å². The van der Waals surface area contributed by atoms with Crippen LogP contribution in [0.1, 0.15) is 11.1 Å². The lowest BCUT2D eigenvalue weighted by atomic mass is 10.0. The first-order valence-corrected chi connectivity index (χ1v) is 33.3. The van der Waals surface area contributed by atoms with Crippen molar-refractivity contribution in [3.63, 3.8) is 0 Å². The molecule has 12 aromatic carbocycles. The fourth-order valence-corrected chi connectivity index (χ4v) is 14.1. The third-order valence-electron chi connectivity index (χ3n) is 18.6. The lowest BCUT2D eigenvalue weighted by Gasteiger charge is -2.40. The van der Waals surface area contributed by atoms with Gasteiger partial charge >= 0.3 is 0 Å². The Hall–Kier alpha value is -15.8. The first kappa shape index (κ1) is 63.7. The van der Waals surface area contributed by atoms with E-state index in [0.29, 0.717) is 77.8 Å². The first-order chi connectivity index (χ1) is 52.0. The van der Waals surface area contributed by atoms with Crippen LogP contribution in [0.5, 0.6) is 0 Å². The van der Waals surface area contributed by atoms with Gasteiger partial charge in [-0.2, -0.15) is 10.5 Å². The van der Waals surface area contributed by atoms with Gasteiger partial charge in [0.2, 0.25) is 0 Å². The minimum Gasteiger partial charge on any atom is -0.464 e. The van der Waals surface area contributed by atoms with E-state index in [-0.39, 0.29) is 21.7 Å². The molecular formula is C88H50N10O8. The predicted octanol–water partition coefficient (Wildman–Crippen LogP) is 22.1. The molecule has 500 valence electrons. The predicted molar refractivity (Wildman–Crippen MR) is 414 cm³/mol. The maximum atomic E-state index is 12.6. The lowest BCUT2D eigenvalue weighted by molar-refractivity contribution is 0.602. The van der Waals surface area contributed by atoms with Crippen LogP contribution >= 0.6 is 0 Å². The van der Waals surface area contributed by atoms with Gasteiger partial charge < -0.3 is 47.1 Å². The number of hydrogen-bond donors (Lipinski definition) is 0. The zero-order valence-electron chi connectivity index (χ0n) is 55.6. The van der Waals surface area contributed by atoms with Gasteiger partial charge in [0.15, 0.2) is 33.1 Å². The Balaban J connectivity index is 0.000000117. The molecule has 0 unspecified atom stereocenters. The zero-order chi connectivity index (χ0) is 72.1. The summed E-state index contributed by atoms with van der Waals surface area (Å²) >= 11 is 0. The minimum absolute atomic E-state index is 0.0728. The molecule has 18 nitrogen and oxygen atoms in total. The normalized spacial score (nSPS) is 12.2. The molecule has 19 rings (SSSR count). The van der Waals surface area contributed by atoms with Gasteiger partial charge in [0.25, 0.3) is 0 Å². The molecule has 4 aromatic heterocycles. The fourth-order valence-electron chi connectivity index (χ4n) is 14.1. The van der Waals surface area contributed by atoms with Crippen molar-refractivity contribution in [3.05, 3.63) is 379 Å². The molecule has 3 aliphatic rings. The van der Waals surface area contributed by atoms with E-state index in [9.17, 15) is 29.7 Å². The quantitative estimate of drug-likeness (QED) is 0.142. The summed E-state index contributed by atoms with van der Waals surface area (Å²) in [5, 5.41) is 21.2. The van der Waals surface area contributed by atoms with Gasteiger partial charge in [0.1, 0.15) is 22.3 Å². The molecule has 0 spiro atoms. The van der Waals surface area contributed by atoms with E-state index in [1.165, 1.54) is 49.3 Å². The van der Waals surface area contributed by atoms with Crippen LogP contribution in [0, 0.1) is 35.8 Å². The molecule has 0 N–H and O–H groups in total. The second kappa shape index (κ2) is 26.4. The molecule has 3 aliphatic heterocycles. The molecule has 18 heteroatoms. The van der Waals surface area contributed by atoms with E-state index in [4.69, 9.17) is 30.8 Å². The van der Waals surface area contributed by atoms with E-state index in [2.05, 4.69) is 65.7 Å². The van der Waals surface area contributed by atoms with Gasteiger partial charge in [-0.15, -0.1) is 0 Å². The van der Waals surface area contributed by atoms with E-state index >= 15 is 0 Å². The molecule has 0 saturated carbocycles. The minimum atomic E-state index is -0.0895. The summed E-state index contributed by atoms with van der Waals surface area (Å²) in [5.74, 6) is 0. The van der Waals surface area contributed by atoms with Crippen molar-refractivity contribution in [2.75, 3.05) is 29.4 Å². The van der Waals surface area contributed by atoms with Gasteiger partial charge in [-0.25, -0.2) is 9.69 Å². The molecule has 106 heavy (non-hydrogen) atoms. The topological polar surface area (TPSA) is 197 Å². The van der Waals surface area contributed by atoms with Crippen LogP contribution in [0.3, 0.4) is 0 Å². The van der Waals surface area contributed by atoms with Gasteiger partial charge in [-0.1, -0.05) is 78.9 Å². The van der Waals surface area contributed by atoms with Crippen molar-refractivity contribution < 1.29 is 17.7 Å². The Kier molecular flexibility index (Phi) is 15.9. The highest BCUT2D eigenvalue weighted by atomic mass is 16.3. The van der Waals surface area contributed by atoms with Crippen molar-refractivity contribution in [1.29, 1.82) is 10.5 Å². The van der Waals surface area contributed by atoms with Crippen molar-refractivity contribution in [1.82, 2.24) is 0 Å². The molecule has 0 aliphatic carbocycles. The number of fused-ring (bicyclic) bond motifs is 10. The Morgan fingerprint density at radius 2 is 0.509 bits per heavy atom. The monoisotopic (exact) mass is 1370 g/mol. The first-order valence-electron chi connectivity index (χ1n) is 33.3. The van der Waals surface area contributed by atoms with E-state index in [0.717, 1.165) is 91.0 Å². The number of anilines is 18. The fraction of sp³-hybridized carbons (Fsp3) is 0. The van der Waals surface area contributed by atoms with E-state index in [1.54, 1.807) is 48.5 Å². The number of rotatable bonds is 6. The summed E-state index contributed by atoms with van der Waals surface area (Å²) in [5.41, 5.74) is 19.3. The summed E-state index contributed by atoms with van der Waals surface area (Å²) in [4.78, 5) is 69.4. The largest absolute Gasteiger partial charge is 0.464 e. The molecule has 7 heterocycles. The van der Waals surface area contributed by atoms with Crippen molar-refractivity contribution in [2.24, 2.45) is 0 Å². The molecule has 0 fully saturated rings. The Bertz CT molecular complexity index is 6150. The average Bonchev–Trinajstić information content (AvgIpc) is 0.744. The summed E-state index contributed by atoms with van der Waals surface area (Å²) in [6.07, 6.45) is 5.68.